The normalized spacial score (nSPS) is 10.9. The minimum Gasteiger partial charge on any atom is -0.464 e. The van der Waals surface area contributed by atoms with Crippen LogP contribution in [0.4, 0.5) is 0 Å². The van der Waals surface area contributed by atoms with Crippen LogP contribution in [0.5, 0.6) is 0 Å². The number of methoxy groups -OCH3 is 1. The van der Waals surface area contributed by atoms with E-state index >= 15 is 0 Å². The van der Waals surface area contributed by atoms with Crippen molar-refractivity contribution in [2.75, 3.05) is 7.11 Å². The number of nitrogens with one attached hydrogen (secondary N) is 1. The maximum absolute atomic E-state index is 11.5. The second-order valence-electron chi connectivity index (χ2n) is 3.93. The fourth-order valence-electron chi connectivity index (χ4n) is 2.09. The fourth-order valence-corrected chi connectivity index (χ4v) is 2.09. The van der Waals surface area contributed by atoms with Gasteiger partial charge in [0.15, 0.2) is 0 Å². The zero-order chi connectivity index (χ0) is 11.8. The van der Waals surface area contributed by atoms with Gasteiger partial charge in [-0.1, -0.05) is 36.4 Å². The topological polar surface area (TPSA) is 42.1 Å². The maximum atomic E-state index is 11.5. The highest BCUT2D eigenvalue weighted by molar-refractivity contribution is 6.08. The first kappa shape index (κ1) is 9.90. The van der Waals surface area contributed by atoms with Crippen LogP contribution < -0.4 is 0 Å². The van der Waals surface area contributed by atoms with Gasteiger partial charge in [0.25, 0.3) is 0 Å². The lowest BCUT2D eigenvalue weighted by molar-refractivity contribution is 0.0595. The Bertz CT molecular complexity index is 712. The van der Waals surface area contributed by atoms with Crippen LogP contribution in [0.3, 0.4) is 0 Å². The van der Waals surface area contributed by atoms with E-state index in [-0.39, 0.29) is 5.97 Å². The Hall–Kier alpha value is -2.29. The number of fused-ring (bicyclic) bond motifs is 3. The van der Waals surface area contributed by atoms with Crippen LogP contribution in [0.15, 0.2) is 42.5 Å². The van der Waals surface area contributed by atoms with Gasteiger partial charge in [-0.3, -0.25) is 0 Å². The molecule has 1 N–H and O–H groups in total. The second kappa shape index (κ2) is 3.63. The lowest BCUT2D eigenvalue weighted by Gasteiger charge is -1.98. The molecule has 0 amide bonds. The summed E-state index contributed by atoms with van der Waals surface area (Å²) in [7, 11) is 1.38. The van der Waals surface area contributed by atoms with Gasteiger partial charge in [-0.25, -0.2) is 4.79 Å². The molecule has 0 aliphatic carbocycles. The van der Waals surface area contributed by atoms with E-state index in [2.05, 4.69) is 4.98 Å². The number of esters is 1. The first-order chi connectivity index (χ1) is 8.29. The van der Waals surface area contributed by atoms with Crippen molar-refractivity contribution in [3.8, 4) is 0 Å². The quantitative estimate of drug-likeness (QED) is 0.646. The standard InChI is InChI=1S/C14H11NO2/c1-17-14(16)12-8-10-7-6-9-4-2-3-5-11(9)13(10)15-12/h2-8,15H,1H3. The number of ether oxygens (including phenoxy) is 1. The van der Waals surface area contributed by atoms with E-state index in [0.717, 1.165) is 21.7 Å². The predicted octanol–water partition coefficient (Wildman–Crippen LogP) is 3.11. The third-order valence-electron chi connectivity index (χ3n) is 2.93. The van der Waals surface area contributed by atoms with Crippen LogP contribution >= 0.6 is 0 Å². The first-order valence-electron chi connectivity index (χ1n) is 5.38. The van der Waals surface area contributed by atoms with Crippen molar-refractivity contribution < 1.29 is 9.53 Å². The average Bonchev–Trinajstić information content (AvgIpc) is 2.82. The van der Waals surface area contributed by atoms with Gasteiger partial charge >= 0.3 is 5.97 Å². The number of aromatic amines is 1. The lowest BCUT2D eigenvalue weighted by atomic mass is 10.1. The number of hydrogen-bond acceptors (Lipinski definition) is 2. The number of aromatic nitrogens is 1. The number of carbonyl (C=O) groups is 1. The monoisotopic (exact) mass is 225 g/mol. The Labute approximate surface area is 98.0 Å². The van der Waals surface area contributed by atoms with E-state index in [0.29, 0.717) is 5.69 Å². The van der Waals surface area contributed by atoms with E-state index in [4.69, 9.17) is 4.74 Å². The molecule has 1 heterocycles. The Morgan fingerprint density at radius 1 is 1.12 bits per heavy atom. The molecule has 17 heavy (non-hydrogen) atoms. The second-order valence-corrected chi connectivity index (χ2v) is 3.93. The molecule has 3 rings (SSSR count). The lowest BCUT2D eigenvalue weighted by Crippen LogP contribution is -2.00. The average molecular weight is 225 g/mol. The molecule has 84 valence electrons. The molecule has 3 nitrogen and oxygen atoms in total. The first-order valence-corrected chi connectivity index (χ1v) is 5.38. The molecule has 0 fully saturated rings. The smallest absolute Gasteiger partial charge is 0.354 e. The largest absolute Gasteiger partial charge is 0.464 e. The molecule has 0 spiro atoms. The molecular weight excluding hydrogens is 214 g/mol. The Kier molecular flexibility index (Phi) is 2.11. The van der Waals surface area contributed by atoms with Crippen molar-refractivity contribution in [1.82, 2.24) is 4.98 Å². The van der Waals surface area contributed by atoms with Gasteiger partial charge in [0.1, 0.15) is 5.69 Å². The summed E-state index contributed by atoms with van der Waals surface area (Å²) >= 11 is 0. The van der Waals surface area contributed by atoms with Crippen molar-refractivity contribution in [2.24, 2.45) is 0 Å². The van der Waals surface area contributed by atoms with Crippen LogP contribution in [0.25, 0.3) is 21.7 Å². The highest BCUT2D eigenvalue weighted by Crippen LogP contribution is 2.25. The summed E-state index contributed by atoms with van der Waals surface area (Å²) in [5, 5.41) is 3.28. The van der Waals surface area contributed by atoms with Crippen molar-refractivity contribution >= 4 is 27.6 Å². The van der Waals surface area contributed by atoms with E-state index < -0.39 is 0 Å². The zero-order valence-electron chi connectivity index (χ0n) is 9.36. The van der Waals surface area contributed by atoms with Crippen LogP contribution in [-0.4, -0.2) is 18.1 Å². The molecule has 3 heteroatoms. The Balaban J connectivity index is 2.35. The number of H-pyrrole nitrogens is 1. The van der Waals surface area contributed by atoms with Crippen LogP contribution in [0.1, 0.15) is 10.5 Å². The summed E-state index contributed by atoms with van der Waals surface area (Å²) < 4.78 is 4.71. The van der Waals surface area contributed by atoms with Crippen molar-refractivity contribution in [3.63, 3.8) is 0 Å². The molecule has 0 aliphatic heterocycles. The summed E-state index contributed by atoms with van der Waals surface area (Å²) in [6.45, 7) is 0. The van der Waals surface area contributed by atoms with Gasteiger partial charge in [0.05, 0.1) is 12.6 Å². The molecular formula is C14H11NO2. The number of rotatable bonds is 1. The third-order valence-corrected chi connectivity index (χ3v) is 2.93. The molecule has 0 atom stereocenters. The van der Waals surface area contributed by atoms with Gasteiger partial charge in [-0.15, -0.1) is 0 Å². The number of benzene rings is 2. The van der Waals surface area contributed by atoms with E-state index in [1.807, 2.05) is 42.5 Å². The minimum absolute atomic E-state index is 0.342. The number of carbonyl (C=O) groups excluding carboxylic acids is 1. The highest BCUT2D eigenvalue weighted by Gasteiger charge is 2.10. The molecule has 3 aromatic rings. The van der Waals surface area contributed by atoms with Gasteiger partial charge < -0.3 is 9.72 Å². The summed E-state index contributed by atoms with van der Waals surface area (Å²) in [6.07, 6.45) is 0. The molecule has 2 aromatic carbocycles. The van der Waals surface area contributed by atoms with E-state index in [1.54, 1.807) is 0 Å². The van der Waals surface area contributed by atoms with Crippen molar-refractivity contribution in [1.29, 1.82) is 0 Å². The summed E-state index contributed by atoms with van der Waals surface area (Å²) in [4.78, 5) is 14.6. The Morgan fingerprint density at radius 3 is 2.71 bits per heavy atom. The molecule has 0 saturated carbocycles. The molecule has 0 radical (unpaired) electrons. The van der Waals surface area contributed by atoms with Crippen LogP contribution in [0, 0.1) is 0 Å². The minimum atomic E-state index is -0.342. The van der Waals surface area contributed by atoms with Gasteiger partial charge in [0, 0.05) is 10.8 Å². The molecule has 0 saturated heterocycles. The molecule has 1 aromatic heterocycles. The predicted molar refractivity (Wildman–Crippen MR) is 67.1 cm³/mol. The SMILES string of the molecule is COC(=O)c1cc2ccc3ccccc3c2[nH]1. The highest BCUT2D eigenvalue weighted by atomic mass is 16.5. The number of hydrogen-bond donors (Lipinski definition) is 1. The van der Waals surface area contributed by atoms with Gasteiger partial charge in [-0.05, 0) is 11.5 Å². The zero-order valence-corrected chi connectivity index (χ0v) is 9.36. The van der Waals surface area contributed by atoms with E-state index in [1.165, 1.54) is 7.11 Å². The Morgan fingerprint density at radius 2 is 1.88 bits per heavy atom. The summed E-state index contributed by atoms with van der Waals surface area (Å²) in [6, 6.07) is 13.9. The van der Waals surface area contributed by atoms with Crippen molar-refractivity contribution in [2.45, 2.75) is 0 Å². The van der Waals surface area contributed by atoms with Gasteiger partial charge in [0.2, 0.25) is 0 Å². The molecule has 0 bridgehead atoms. The fraction of sp³-hybridized carbons (Fsp3) is 0.0714. The molecule has 0 aliphatic rings. The maximum Gasteiger partial charge on any atom is 0.354 e. The summed E-state index contributed by atoms with van der Waals surface area (Å²) in [5.74, 6) is -0.342. The van der Waals surface area contributed by atoms with E-state index in [9.17, 15) is 4.79 Å². The summed E-state index contributed by atoms with van der Waals surface area (Å²) in [5.41, 5.74) is 1.46. The van der Waals surface area contributed by atoms with Crippen LogP contribution in [-0.2, 0) is 4.74 Å². The third kappa shape index (κ3) is 1.47. The van der Waals surface area contributed by atoms with Crippen molar-refractivity contribution in [3.05, 3.63) is 48.2 Å². The molecule has 0 unspecified atom stereocenters. The van der Waals surface area contributed by atoms with Gasteiger partial charge in [-0.2, -0.15) is 0 Å². The van der Waals surface area contributed by atoms with Crippen LogP contribution in [0.2, 0.25) is 0 Å².